The smallest absolute Gasteiger partial charge is 0.339 e. The van der Waals surface area contributed by atoms with Gasteiger partial charge in [-0.25, -0.2) is 9.59 Å². The number of hydrogen-bond acceptors (Lipinski definition) is 6. The first-order chi connectivity index (χ1) is 12.0. The predicted molar refractivity (Wildman–Crippen MR) is 89.7 cm³/mol. The van der Waals surface area contributed by atoms with Crippen LogP contribution in [0.1, 0.15) is 20.7 Å². The lowest BCUT2D eigenvalue weighted by atomic mass is 10.1. The number of hydrogen-bond donors (Lipinski definition) is 1. The van der Waals surface area contributed by atoms with Crippen LogP contribution < -0.4 is 10.1 Å². The summed E-state index contributed by atoms with van der Waals surface area (Å²) in [6.07, 6.45) is 0. The molecule has 25 heavy (non-hydrogen) atoms. The molecule has 0 unspecified atom stereocenters. The second-order valence-corrected chi connectivity index (χ2v) is 4.89. The van der Waals surface area contributed by atoms with E-state index in [1.165, 1.54) is 32.4 Å². The lowest BCUT2D eigenvalue weighted by Crippen LogP contribution is -2.22. The number of ether oxygens (including phenoxy) is 3. The molecular formula is C18H17NO6. The van der Waals surface area contributed by atoms with Gasteiger partial charge >= 0.3 is 11.9 Å². The van der Waals surface area contributed by atoms with Crippen molar-refractivity contribution in [3.63, 3.8) is 0 Å². The minimum atomic E-state index is -0.643. The second-order valence-electron chi connectivity index (χ2n) is 4.89. The molecule has 1 amide bonds. The molecular weight excluding hydrogens is 326 g/mol. The molecule has 0 atom stereocenters. The summed E-state index contributed by atoms with van der Waals surface area (Å²) >= 11 is 0. The van der Waals surface area contributed by atoms with Gasteiger partial charge in [0.05, 0.1) is 31.0 Å². The summed E-state index contributed by atoms with van der Waals surface area (Å²) < 4.78 is 14.7. The van der Waals surface area contributed by atoms with E-state index in [1.54, 1.807) is 24.3 Å². The number of carbonyl (C=O) groups excluding carboxylic acids is 3. The Morgan fingerprint density at radius 1 is 0.920 bits per heavy atom. The average Bonchev–Trinajstić information content (AvgIpc) is 2.65. The molecule has 0 fully saturated rings. The second kappa shape index (κ2) is 8.49. The molecule has 0 heterocycles. The molecule has 7 heteroatoms. The molecule has 7 nitrogen and oxygen atoms in total. The summed E-state index contributed by atoms with van der Waals surface area (Å²) in [4.78, 5) is 35.6. The molecule has 0 aromatic heterocycles. The van der Waals surface area contributed by atoms with Gasteiger partial charge in [0.2, 0.25) is 0 Å². The first-order valence-corrected chi connectivity index (χ1v) is 7.33. The van der Waals surface area contributed by atoms with Crippen molar-refractivity contribution in [1.29, 1.82) is 0 Å². The summed E-state index contributed by atoms with van der Waals surface area (Å²) in [6.45, 7) is -0.257. The van der Waals surface area contributed by atoms with Gasteiger partial charge < -0.3 is 19.5 Å². The highest BCUT2D eigenvalue weighted by Crippen LogP contribution is 2.20. The first kappa shape index (κ1) is 18.0. The van der Waals surface area contributed by atoms with Crippen LogP contribution >= 0.6 is 0 Å². The van der Waals surface area contributed by atoms with Gasteiger partial charge in [0.1, 0.15) is 5.75 Å². The van der Waals surface area contributed by atoms with Crippen molar-refractivity contribution in [3.8, 4) is 5.75 Å². The average molecular weight is 343 g/mol. The highest BCUT2D eigenvalue weighted by molar-refractivity contribution is 6.03. The van der Waals surface area contributed by atoms with Crippen LogP contribution in [-0.2, 0) is 14.3 Å². The van der Waals surface area contributed by atoms with Crippen molar-refractivity contribution in [1.82, 2.24) is 0 Å². The summed E-state index contributed by atoms with van der Waals surface area (Å²) in [5, 5.41) is 2.54. The third-order valence-electron chi connectivity index (χ3n) is 3.23. The number of carbonyl (C=O) groups is 3. The maximum absolute atomic E-state index is 12.1. The Bertz CT molecular complexity index is 772. The van der Waals surface area contributed by atoms with E-state index in [1.807, 2.05) is 6.07 Å². The topological polar surface area (TPSA) is 90.9 Å². The van der Waals surface area contributed by atoms with Gasteiger partial charge in [-0.05, 0) is 30.3 Å². The number of amides is 1. The van der Waals surface area contributed by atoms with Gasteiger partial charge in [-0.2, -0.15) is 0 Å². The molecule has 0 saturated carbocycles. The van der Waals surface area contributed by atoms with Crippen molar-refractivity contribution in [2.45, 2.75) is 0 Å². The Morgan fingerprint density at radius 2 is 1.60 bits per heavy atom. The molecule has 0 saturated heterocycles. The molecule has 130 valence electrons. The molecule has 0 spiro atoms. The molecule has 2 rings (SSSR count). The number of anilines is 1. The monoisotopic (exact) mass is 343 g/mol. The third kappa shape index (κ3) is 4.81. The fraction of sp³-hybridized carbons (Fsp3) is 0.167. The van der Waals surface area contributed by atoms with Crippen LogP contribution in [0.25, 0.3) is 0 Å². The van der Waals surface area contributed by atoms with Crippen LogP contribution in [0.5, 0.6) is 5.75 Å². The Labute approximate surface area is 144 Å². The minimum Gasteiger partial charge on any atom is -0.484 e. The van der Waals surface area contributed by atoms with Crippen LogP contribution in [0.2, 0.25) is 0 Å². The zero-order valence-electron chi connectivity index (χ0n) is 13.8. The van der Waals surface area contributed by atoms with E-state index in [2.05, 4.69) is 14.8 Å². The molecule has 0 aliphatic rings. The van der Waals surface area contributed by atoms with Gasteiger partial charge in [0.25, 0.3) is 5.91 Å². The fourth-order valence-corrected chi connectivity index (χ4v) is 2.03. The van der Waals surface area contributed by atoms with Gasteiger partial charge in [-0.15, -0.1) is 0 Å². The van der Waals surface area contributed by atoms with Crippen molar-refractivity contribution in [2.75, 3.05) is 26.1 Å². The van der Waals surface area contributed by atoms with Gasteiger partial charge in [-0.1, -0.05) is 18.2 Å². The van der Waals surface area contributed by atoms with Crippen molar-refractivity contribution < 1.29 is 28.6 Å². The van der Waals surface area contributed by atoms with Crippen LogP contribution in [0.3, 0.4) is 0 Å². The number of para-hydroxylation sites is 1. The van der Waals surface area contributed by atoms with Gasteiger partial charge in [0.15, 0.2) is 6.61 Å². The number of esters is 2. The van der Waals surface area contributed by atoms with E-state index in [4.69, 9.17) is 4.74 Å². The van der Waals surface area contributed by atoms with E-state index in [9.17, 15) is 14.4 Å². The van der Waals surface area contributed by atoms with Crippen LogP contribution in [0.4, 0.5) is 5.69 Å². The Morgan fingerprint density at radius 3 is 2.24 bits per heavy atom. The summed E-state index contributed by atoms with van der Waals surface area (Å²) in [7, 11) is 2.46. The number of rotatable bonds is 6. The normalized spacial score (nSPS) is 9.84. The largest absolute Gasteiger partial charge is 0.484 e. The quantitative estimate of drug-likeness (QED) is 0.809. The highest BCUT2D eigenvalue weighted by Gasteiger charge is 2.17. The third-order valence-corrected chi connectivity index (χ3v) is 3.23. The summed E-state index contributed by atoms with van der Waals surface area (Å²) in [5.74, 6) is -1.19. The minimum absolute atomic E-state index is 0.114. The number of nitrogens with one attached hydrogen (secondary N) is 1. The molecule has 0 radical (unpaired) electrons. The van der Waals surface area contributed by atoms with Crippen molar-refractivity contribution in [3.05, 3.63) is 59.7 Å². The zero-order chi connectivity index (χ0) is 18.2. The predicted octanol–water partition coefficient (Wildman–Crippen LogP) is 2.28. The summed E-state index contributed by atoms with van der Waals surface area (Å²) in [6, 6.07) is 13.0. The highest BCUT2D eigenvalue weighted by atomic mass is 16.5. The lowest BCUT2D eigenvalue weighted by molar-refractivity contribution is -0.118. The number of methoxy groups -OCH3 is 2. The molecule has 0 aliphatic heterocycles. The van der Waals surface area contributed by atoms with E-state index in [0.717, 1.165) is 0 Å². The Hall–Kier alpha value is -3.35. The maximum Gasteiger partial charge on any atom is 0.339 e. The lowest BCUT2D eigenvalue weighted by Gasteiger charge is -2.12. The van der Waals surface area contributed by atoms with Crippen LogP contribution in [0, 0.1) is 0 Å². The maximum atomic E-state index is 12.1. The Kier molecular flexibility index (Phi) is 6.11. The summed E-state index contributed by atoms with van der Waals surface area (Å²) in [5.41, 5.74) is 0.439. The molecule has 2 aromatic rings. The molecule has 2 aromatic carbocycles. The van der Waals surface area contributed by atoms with Crippen LogP contribution in [0.15, 0.2) is 48.5 Å². The van der Waals surface area contributed by atoms with E-state index in [-0.39, 0.29) is 23.4 Å². The van der Waals surface area contributed by atoms with Crippen molar-refractivity contribution >= 4 is 23.5 Å². The van der Waals surface area contributed by atoms with E-state index >= 15 is 0 Å². The standard InChI is InChI=1S/C18H17NO6/c1-23-17(21)12-8-9-14(18(22)24-2)15(10-12)19-16(20)11-25-13-6-4-3-5-7-13/h3-10H,11H2,1-2H3,(H,19,20). The van der Waals surface area contributed by atoms with E-state index < -0.39 is 17.8 Å². The van der Waals surface area contributed by atoms with E-state index in [0.29, 0.717) is 5.75 Å². The number of benzene rings is 2. The molecule has 0 aliphatic carbocycles. The fourth-order valence-electron chi connectivity index (χ4n) is 2.03. The van der Waals surface area contributed by atoms with Gasteiger partial charge in [0, 0.05) is 0 Å². The molecule has 0 bridgehead atoms. The van der Waals surface area contributed by atoms with Crippen molar-refractivity contribution in [2.24, 2.45) is 0 Å². The molecule has 1 N–H and O–H groups in total. The Balaban J connectivity index is 2.15. The van der Waals surface area contributed by atoms with Gasteiger partial charge in [-0.3, -0.25) is 4.79 Å². The first-order valence-electron chi connectivity index (χ1n) is 7.33. The zero-order valence-corrected chi connectivity index (χ0v) is 13.8. The van der Waals surface area contributed by atoms with Crippen LogP contribution in [-0.4, -0.2) is 38.7 Å². The SMILES string of the molecule is COC(=O)c1ccc(C(=O)OC)c(NC(=O)COc2ccccc2)c1.